The highest BCUT2D eigenvalue weighted by Gasteiger charge is 2.22. The van der Waals surface area contributed by atoms with Gasteiger partial charge in [-0.15, -0.1) is 11.6 Å². The number of carbonyl (C=O) groups is 2. The van der Waals surface area contributed by atoms with Crippen LogP contribution in [0.5, 0.6) is 0 Å². The summed E-state index contributed by atoms with van der Waals surface area (Å²) in [6, 6.07) is 0. The predicted molar refractivity (Wildman–Crippen MR) is 60.2 cm³/mol. The molecular formula is C8H12ClNO6S. The number of sulfone groups is 1. The van der Waals surface area contributed by atoms with E-state index in [1.165, 1.54) is 6.92 Å². The Morgan fingerprint density at radius 1 is 1.41 bits per heavy atom. The zero-order chi connectivity index (χ0) is 13.5. The summed E-state index contributed by atoms with van der Waals surface area (Å²) in [7, 11) is -3.26. The van der Waals surface area contributed by atoms with Gasteiger partial charge in [0.05, 0.1) is 11.6 Å². The van der Waals surface area contributed by atoms with Crippen molar-refractivity contribution in [2.45, 2.75) is 6.92 Å². The van der Waals surface area contributed by atoms with Crippen LogP contribution in [0.4, 0.5) is 0 Å². The largest absolute Gasteiger partial charge is 0.460 e. The molecule has 0 aromatic heterocycles. The van der Waals surface area contributed by atoms with Crippen LogP contribution in [0.15, 0.2) is 5.16 Å². The number of esters is 1. The fraction of sp³-hybridized carbons (Fsp3) is 0.625. The summed E-state index contributed by atoms with van der Waals surface area (Å²) < 4.78 is 26.6. The average Bonchev–Trinajstić information content (AvgIpc) is 2.29. The minimum absolute atomic E-state index is 0.0773. The van der Waals surface area contributed by atoms with Crippen molar-refractivity contribution in [3.05, 3.63) is 0 Å². The molecule has 98 valence electrons. The first kappa shape index (κ1) is 15.9. The van der Waals surface area contributed by atoms with Crippen molar-refractivity contribution in [1.29, 1.82) is 0 Å². The zero-order valence-electron chi connectivity index (χ0n) is 9.05. The molecule has 0 aromatic carbocycles. The Morgan fingerprint density at radius 3 is 2.41 bits per heavy atom. The number of rotatable bonds is 7. The lowest BCUT2D eigenvalue weighted by Crippen LogP contribution is -2.29. The van der Waals surface area contributed by atoms with Crippen molar-refractivity contribution < 1.29 is 28.0 Å². The maximum Gasteiger partial charge on any atom is 0.364 e. The molecule has 0 saturated heterocycles. The third-order valence-corrected chi connectivity index (χ3v) is 3.66. The number of hydrogen-bond acceptors (Lipinski definition) is 7. The van der Waals surface area contributed by atoms with Gasteiger partial charge < -0.3 is 9.94 Å². The molecule has 0 heterocycles. The molecule has 0 spiro atoms. The highest BCUT2D eigenvalue weighted by molar-refractivity contribution is 7.91. The second-order valence-electron chi connectivity index (χ2n) is 2.88. The van der Waals surface area contributed by atoms with Gasteiger partial charge in [0.1, 0.15) is 6.61 Å². The first-order chi connectivity index (χ1) is 7.87. The first-order valence-electron chi connectivity index (χ1n) is 4.56. The molecule has 7 nitrogen and oxygen atoms in total. The van der Waals surface area contributed by atoms with Crippen molar-refractivity contribution in [3.63, 3.8) is 0 Å². The van der Waals surface area contributed by atoms with E-state index >= 15 is 0 Å². The Balaban J connectivity index is 4.33. The fourth-order valence-electron chi connectivity index (χ4n) is 0.748. The van der Waals surface area contributed by atoms with E-state index in [4.69, 9.17) is 16.8 Å². The Kier molecular flexibility index (Phi) is 6.74. The number of nitrogens with zero attached hydrogens (tertiary/aromatic N) is 1. The lowest BCUT2D eigenvalue weighted by atomic mass is 10.3. The monoisotopic (exact) mass is 285 g/mol. The van der Waals surface area contributed by atoms with E-state index in [1.807, 2.05) is 0 Å². The van der Waals surface area contributed by atoms with Crippen LogP contribution >= 0.6 is 11.6 Å². The lowest BCUT2D eigenvalue weighted by molar-refractivity contribution is -0.135. The van der Waals surface area contributed by atoms with Crippen LogP contribution in [0, 0.1) is 0 Å². The molecule has 0 aliphatic carbocycles. The number of ether oxygens (including phenoxy) is 1. The molecule has 9 heteroatoms. The summed E-state index contributed by atoms with van der Waals surface area (Å²) >= 11 is 5.15. The smallest absolute Gasteiger partial charge is 0.364 e. The maximum absolute atomic E-state index is 11.2. The number of ketones is 1. The molecule has 0 radical (unpaired) electrons. The van der Waals surface area contributed by atoms with Gasteiger partial charge in [-0.2, -0.15) is 0 Å². The number of oxime groups is 1. The van der Waals surface area contributed by atoms with E-state index in [0.29, 0.717) is 0 Å². The van der Waals surface area contributed by atoms with E-state index in [0.717, 1.165) is 0 Å². The third-order valence-electron chi connectivity index (χ3n) is 1.75. The van der Waals surface area contributed by atoms with Crippen molar-refractivity contribution >= 4 is 38.9 Å². The van der Waals surface area contributed by atoms with E-state index < -0.39 is 39.8 Å². The van der Waals surface area contributed by atoms with Crippen molar-refractivity contribution in [2.24, 2.45) is 5.16 Å². The molecule has 1 N–H and O–H groups in total. The third kappa shape index (κ3) is 5.64. The van der Waals surface area contributed by atoms with E-state index in [9.17, 15) is 18.0 Å². The number of halogens is 1. The zero-order valence-corrected chi connectivity index (χ0v) is 10.6. The van der Waals surface area contributed by atoms with Gasteiger partial charge in [0.15, 0.2) is 9.84 Å². The van der Waals surface area contributed by atoms with Crippen LogP contribution in [0.1, 0.15) is 6.92 Å². The Morgan fingerprint density at radius 2 is 2.00 bits per heavy atom. The standard InChI is InChI=1S/C8H12ClNO6S/c1-2-17(14,15)4-3-16-8(12)7(10-13)6(11)5-9/h13H,2-5H2,1H3. The number of carbonyl (C=O) groups excluding carboxylic acids is 2. The Labute approximate surface area is 103 Å². The maximum atomic E-state index is 11.2. The molecule has 0 aliphatic rings. The molecule has 0 unspecified atom stereocenters. The lowest BCUT2D eigenvalue weighted by Gasteiger charge is -2.04. The van der Waals surface area contributed by atoms with Gasteiger partial charge in [-0.25, -0.2) is 13.2 Å². The topological polar surface area (TPSA) is 110 Å². The van der Waals surface area contributed by atoms with Gasteiger partial charge in [-0.1, -0.05) is 12.1 Å². The molecule has 0 fully saturated rings. The molecule has 0 aromatic rings. The van der Waals surface area contributed by atoms with Crippen LogP contribution in [0.25, 0.3) is 0 Å². The summed E-state index contributed by atoms with van der Waals surface area (Å²) in [5.41, 5.74) is -0.853. The van der Waals surface area contributed by atoms with Gasteiger partial charge in [0, 0.05) is 5.75 Å². The molecule has 0 bridgehead atoms. The highest BCUT2D eigenvalue weighted by Crippen LogP contribution is 1.94. The van der Waals surface area contributed by atoms with Crippen LogP contribution in [0.2, 0.25) is 0 Å². The van der Waals surface area contributed by atoms with Crippen molar-refractivity contribution in [1.82, 2.24) is 0 Å². The molecule has 0 rings (SSSR count). The summed E-state index contributed by atoms with van der Waals surface area (Å²) in [4.78, 5) is 22.1. The van der Waals surface area contributed by atoms with E-state index in [-0.39, 0.29) is 11.5 Å². The second kappa shape index (κ2) is 7.23. The summed E-state index contributed by atoms with van der Waals surface area (Å²) in [5.74, 6) is -3.08. The minimum atomic E-state index is -3.26. The average molecular weight is 286 g/mol. The summed E-state index contributed by atoms with van der Waals surface area (Å²) in [6.45, 7) is 1.04. The molecule has 0 aliphatic heterocycles. The van der Waals surface area contributed by atoms with E-state index in [2.05, 4.69) is 9.89 Å². The minimum Gasteiger partial charge on any atom is -0.460 e. The van der Waals surface area contributed by atoms with Crippen LogP contribution in [-0.4, -0.2) is 55.1 Å². The summed E-state index contributed by atoms with van der Waals surface area (Å²) in [6.07, 6.45) is 0. The molecule has 0 saturated carbocycles. The van der Waals surface area contributed by atoms with Gasteiger partial charge >= 0.3 is 5.97 Å². The number of Topliss-reactive ketones (excluding diaryl/α,β-unsaturated/α-hetero) is 1. The fourth-order valence-corrected chi connectivity index (χ4v) is 1.50. The molecule has 17 heavy (non-hydrogen) atoms. The van der Waals surface area contributed by atoms with Crippen LogP contribution < -0.4 is 0 Å². The first-order valence-corrected chi connectivity index (χ1v) is 6.92. The van der Waals surface area contributed by atoms with Gasteiger partial charge in [0.25, 0.3) is 0 Å². The highest BCUT2D eigenvalue weighted by atomic mass is 35.5. The normalized spacial score (nSPS) is 12.2. The van der Waals surface area contributed by atoms with Gasteiger partial charge in [0.2, 0.25) is 11.5 Å². The van der Waals surface area contributed by atoms with Gasteiger partial charge in [-0.3, -0.25) is 4.79 Å². The number of alkyl halides is 1. The molecular weight excluding hydrogens is 274 g/mol. The molecule has 0 amide bonds. The summed E-state index contributed by atoms with van der Waals surface area (Å²) in [5, 5.41) is 10.8. The number of hydrogen-bond donors (Lipinski definition) is 1. The van der Waals surface area contributed by atoms with Gasteiger partial charge in [-0.05, 0) is 0 Å². The Hall–Kier alpha value is -1.15. The predicted octanol–water partition coefficient (Wildman–Crippen LogP) is -0.398. The van der Waals surface area contributed by atoms with Crippen molar-refractivity contribution in [2.75, 3.05) is 24.0 Å². The molecule has 0 atom stereocenters. The van der Waals surface area contributed by atoms with Crippen LogP contribution in [-0.2, 0) is 24.2 Å². The second-order valence-corrected chi connectivity index (χ2v) is 5.62. The SMILES string of the molecule is CCS(=O)(=O)CCOC(=O)C(=NO)C(=O)CCl. The quantitative estimate of drug-likeness (QED) is 0.170. The Bertz CT molecular complexity index is 416. The van der Waals surface area contributed by atoms with Crippen molar-refractivity contribution in [3.8, 4) is 0 Å². The van der Waals surface area contributed by atoms with Crippen LogP contribution in [0.3, 0.4) is 0 Å². The van der Waals surface area contributed by atoms with E-state index in [1.54, 1.807) is 0 Å².